The Kier molecular flexibility index (Phi) is 5.38. The fraction of sp³-hybridized carbons (Fsp3) is 0.400. The van der Waals surface area contributed by atoms with Crippen LogP contribution in [-0.2, 0) is 23.9 Å². The first kappa shape index (κ1) is 15.6. The van der Waals surface area contributed by atoms with E-state index in [0.29, 0.717) is 9.80 Å². The molecule has 1 rings (SSSR count). The average Bonchev–Trinajstić information content (AvgIpc) is 2.47. The third-order valence-electron chi connectivity index (χ3n) is 2.44. The molecule has 0 radical (unpaired) electrons. The van der Waals surface area contributed by atoms with E-state index in [1.54, 1.807) is 0 Å². The first-order valence-corrected chi connectivity index (χ1v) is 5.30. The van der Waals surface area contributed by atoms with E-state index in [1.165, 1.54) is 12.5 Å². The highest BCUT2D eigenvalue weighted by molar-refractivity contribution is 6.16. The molecular formula is C10H7N5O6. The molecule has 1 aliphatic heterocycles. The summed E-state index contributed by atoms with van der Waals surface area (Å²) in [6.45, 7) is -1.96. The van der Waals surface area contributed by atoms with Crippen LogP contribution in [0.25, 0.3) is 0 Å². The number of isocyanates is 1. The smallest absolute Gasteiger partial charge is 0.337 e. The van der Waals surface area contributed by atoms with Gasteiger partial charge in [0.05, 0.1) is 0 Å². The van der Waals surface area contributed by atoms with E-state index < -0.39 is 43.8 Å². The molecule has 4 amide bonds. The molecule has 0 aromatic heterocycles. The van der Waals surface area contributed by atoms with Crippen molar-refractivity contribution in [3.63, 3.8) is 0 Å². The van der Waals surface area contributed by atoms with Gasteiger partial charge in [-0.2, -0.15) is 15.5 Å². The summed E-state index contributed by atoms with van der Waals surface area (Å²) in [5, 5.41) is 16.6. The van der Waals surface area contributed by atoms with Crippen molar-refractivity contribution in [2.45, 2.75) is 0 Å². The van der Waals surface area contributed by atoms with Gasteiger partial charge in [0.15, 0.2) is 12.6 Å². The minimum Gasteiger partial charge on any atom is -0.426 e. The maximum Gasteiger partial charge on any atom is 0.337 e. The van der Waals surface area contributed by atoms with Crippen LogP contribution < -0.4 is 0 Å². The van der Waals surface area contributed by atoms with Gasteiger partial charge in [-0.3, -0.25) is 9.59 Å². The molecule has 1 atom stereocenters. The molecular weight excluding hydrogens is 286 g/mol. The summed E-state index contributed by atoms with van der Waals surface area (Å²) >= 11 is 0. The summed E-state index contributed by atoms with van der Waals surface area (Å²) in [6, 6.07) is -1.10. The fourth-order valence-electron chi connectivity index (χ4n) is 1.52. The number of carbonyl (C=O) groups is 3. The second-order valence-electron chi connectivity index (χ2n) is 3.53. The number of hydrogen-bond donors (Lipinski definition) is 0. The predicted molar refractivity (Wildman–Crippen MR) is 58.7 cm³/mol. The van der Waals surface area contributed by atoms with Crippen molar-refractivity contribution >= 4 is 23.9 Å². The molecule has 0 spiro atoms. The summed E-state index contributed by atoms with van der Waals surface area (Å²) < 4.78 is 8.63. The molecule has 0 aromatic rings. The molecule has 1 saturated heterocycles. The Balaban J connectivity index is 3.05. The first-order valence-electron chi connectivity index (χ1n) is 5.30. The van der Waals surface area contributed by atoms with Crippen LogP contribution in [0.5, 0.6) is 0 Å². The highest BCUT2D eigenvalue weighted by Crippen LogP contribution is 2.18. The molecule has 21 heavy (non-hydrogen) atoms. The minimum absolute atomic E-state index is 0.469. The number of amides is 4. The number of ether oxygens (including phenoxy) is 2. The summed E-state index contributed by atoms with van der Waals surface area (Å²) in [5.41, 5.74) is 0. The summed E-state index contributed by atoms with van der Waals surface area (Å²) in [5.74, 6) is -3.44. The van der Waals surface area contributed by atoms with Gasteiger partial charge in [0, 0.05) is 0 Å². The van der Waals surface area contributed by atoms with Crippen LogP contribution >= 0.6 is 0 Å². The number of barbiturate groups is 1. The molecule has 0 aliphatic carbocycles. The molecule has 1 aliphatic rings. The fourth-order valence-corrected chi connectivity index (χ4v) is 1.52. The molecule has 0 N–H and O–H groups in total. The third kappa shape index (κ3) is 3.32. The van der Waals surface area contributed by atoms with Crippen LogP contribution in [0.1, 0.15) is 0 Å². The molecule has 0 aromatic carbocycles. The van der Waals surface area contributed by atoms with E-state index in [1.807, 2.05) is 0 Å². The van der Waals surface area contributed by atoms with Gasteiger partial charge in [-0.05, 0) is 0 Å². The molecule has 0 saturated carbocycles. The van der Waals surface area contributed by atoms with Gasteiger partial charge in [-0.15, -0.1) is 0 Å². The highest BCUT2D eigenvalue weighted by atomic mass is 16.5. The lowest BCUT2D eigenvalue weighted by molar-refractivity contribution is -0.153. The van der Waals surface area contributed by atoms with Crippen LogP contribution in [0.4, 0.5) is 4.79 Å². The Morgan fingerprint density at radius 2 is 1.71 bits per heavy atom. The molecule has 108 valence electrons. The summed E-state index contributed by atoms with van der Waals surface area (Å²) in [6.07, 6.45) is 3.69. The van der Waals surface area contributed by atoms with Gasteiger partial charge in [0.2, 0.25) is 17.9 Å². The maximum absolute atomic E-state index is 11.9. The van der Waals surface area contributed by atoms with E-state index in [4.69, 9.17) is 10.5 Å². The standard InChI is InChI=1S/C10H7N5O6/c11-2-20-1-7-8(17)14(4-13-5-16)10(19)15(9(7)18)6-21-3-12/h7H,1,4,6H2. The summed E-state index contributed by atoms with van der Waals surface area (Å²) in [4.78, 5) is 49.9. The lowest BCUT2D eigenvalue weighted by Gasteiger charge is -2.34. The summed E-state index contributed by atoms with van der Waals surface area (Å²) in [7, 11) is 0. The van der Waals surface area contributed by atoms with Crippen molar-refractivity contribution in [1.29, 1.82) is 10.5 Å². The van der Waals surface area contributed by atoms with Crippen LogP contribution in [0, 0.1) is 29.0 Å². The Morgan fingerprint density at radius 3 is 2.29 bits per heavy atom. The van der Waals surface area contributed by atoms with Crippen molar-refractivity contribution in [2.75, 3.05) is 20.0 Å². The van der Waals surface area contributed by atoms with Crippen molar-refractivity contribution in [3.05, 3.63) is 0 Å². The van der Waals surface area contributed by atoms with Gasteiger partial charge in [-0.25, -0.2) is 19.4 Å². The second-order valence-corrected chi connectivity index (χ2v) is 3.53. The average molecular weight is 293 g/mol. The second kappa shape index (κ2) is 7.23. The Bertz CT molecular complexity index is 544. The molecule has 1 unspecified atom stereocenters. The van der Waals surface area contributed by atoms with Gasteiger partial charge in [0.25, 0.3) is 12.5 Å². The predicted octanol–water partition coefficient (Wildman–Crippen LogP) is -1.36. The molecule has 1 fully saturated rings. The zero-order valence-electron chi connectivity index (χ0n) is 10.4. The van der Waals surface area contributed by atoms with Crippen molar-refractivity contribution in [3.8, 4) is 12.5 Å². The lowest BCUT2D eigenvalue weighted by Crippen LogP contribution is -2.60. The maximum atomic E-state index is 11.9. The lowest BCUT2D eigenvalue weighted by atomic mass is 10.1. The van der Waals surface area contributed by atoms with E-state index in [2.05, 4.69) is 14.5 Å². The zero-order chi connectivity index (χ0) is 15.8. The number of imide groups is 2. The topological polar surface area (TPSA) is 153 Å². The molecule has 11 heteroatoms. The van der Waals surface area contributed by atoms with Crippen molar-refractivity contribution in [2.24, 2.45) is 10.9 Å². The number of urea groups is 1. The van der Waals surface area contributed by atoms with E-state index in [0.717, 1.165) is 6.08 Å². The zero-order valence-corrected chi connectivity index (χ0v) is 10.4. The molecule has 1 heterocycles. The van der Waals surface area contributed by atoms with Gasteiger partial charge >= 0.3 is 6.03 Å². The monoisotopic (exact) mass is 293 g/mol. The quantitative estimate of drug-likeness (QED) is 0.252. The number of rotatable bonds is 6. The highest BCUT2D eigenvalue weighted by Gasteiger charge is 2.46. The number of nitriles is 2. The number of aliphatic imine (C=N–C) groups is 1. The molecule has 11 nitrogen and oxygen atoms in total. The van der Waals surface area contributed by atoms with Gasteiger partial charge in [0.1, 0.15) is 13.3 Å². The van der Waals surface area contributed by atoms with Crippen LogP contribution in [-0.4, -0.2) is 53.7 Å². The molecule has 0 bridgehead atoms. The minimum atomic E-state index is -1.48. The van der Waals surface area contributed by atoms with E-state index in [-0.39, 0.29) is 0 Å². The van der Waals surface area contributed by atoms with E-state index in [9.17, 15) is 19.2 Å². The van der Waals surface area contributed by atoms with Crippen molar-refractivity contribution in [1.82, 2.24) is 9.80 Å². The first-order chi connectivity index (χ1) is 10.1. The van der Waals surface area contributed by atoms with Crippen molar-refractivity contribution < 1.29 is 28.7 Å². The van der Waals surface area contributed by atoms with Crippen LogP contribution in [0.15, 0.2) is 4.99 Å². The largest absolute Gasteiger partial charge is 0.426 e. The van der Waals surface area contributed by atoms with Crippen LogP contribution in [0.2, 0.25) is 0 Å². The Labute approximate surface area is 117 Å². The van der Waals surface area contributed by atoms with Gasteiger partial charge in [-0.1, -0.05) is 0 Å². The SMILES string of the molecule is N#COCC1C(=O)N(CN=C=O)C(=O)N(COC#N)C1=O. The normalized spacial score (nSPS) is 17.6. The Hall–Kier alpha value is -3.43. The third-order valence-corrected chi connectivity index (χ3v) is 2.44. The number of nitrogens with zero attached hydrogens (tertiary/aromatic N) is 5. The van der Waals surface area contributed by atoms with Gasteiger partial charge < -0.3 is 9.47 Å². The number of carbonyl (C=O) groups excluding carboxylic acids is 4. The van der Waals surface area contributed by atoms with E-state index >= 15 is 0 Å². The Morgan fingerprint density at radius 1 is 1.10 bits per heavy atom. The number of hydrogen-bond acceptors (Lipinski definition) is 9. The van der Waals surface area contributed by atoms with Crippen LogP contribution in [0.3, 0.4) is 0 Å².